The Hall–Kier alpha value is -3.60. The van der Waals surface area contributed by atoms with E-state index in [0.717, 1.165) is 16.8 Å². The number of ether oxygens (including phenoxy) is 1. The van der Waals surface area contributed by atoms with Gasteiger partial charge in [-0.1, -0.05) is 78.9 Å². The molecular weight excluding hydrogens is 388 g/mol. The number of hydrogen-bond donors (Lipinski definition) is 0. The summed E-state index contributed by atoms with van der Waals surface area (Å²) < 4.78 is 5.09. The highest BCUT2D eigenvalue weighted by Gasteiger charge is 2.39. The molecule has 1 aliphatic rings. The Morgan fingerprint density at radius 1 is 0.806 bits per heavy atom. The van der Waals surface area contributed by atoms with Crippen LogP contribution < -0.4 is 4.90 Å². The van der Waals surface area contributed by atoms with Crippen molar-refractivity contribution in [2.45, 2.75) is 12.0 Å². The van der Waals surface area contributed by atoms with Crippen LogP contribution in [0, 0.1) is 0 Å². The van der Waals surface area contributed by atoms with Gasteiger partial charge < -0.3 is 14.5 Å². The molecule has 0 radical (unpaired) electrons. The monoisotopic (exact) mass is 414 g/mol. The second-order valence-corrected chi connectivity index (χ2v) is 7.61. The standard InChI is InChI=1S/C26H26N2O3/c1-31-26(30)23-19-27(22-15-9-4-10-16-22)17-18-28(23)25(29)24(20-11-5-2-6-12-20)21-13-7-3-8-14-21/h2-16,23-24H,17-19H2,1H3/t23-/m0/s1. The Morgan fingerprint density at radius 3 is 1.84 bits per heavy atom. The van der Waals surface area contributed by atoms with Gasteiger partial charge in [-0.05, 0) is 23.3 Å². The van der Waals surface area contributed by atoms with Crippen LogP contribution in [-0.4, -0.2) is 49.6 Å². The molecule has 1 heterocycles. The van der Waals surface area contributed by atoms with E-state index in [9.17, 15) is 9.59 Å². The van der Waals surface area contributed by atoms with Crippen molar-refractivity contribution in [1.82, 2.24) is 4.90 Å². The maximum Gasteiger partial charge on any atom is 0.330 e. The number of carbonyl (C=O) groups is 2. The molecule has 1 atom stereocenters. The number of benzene rings is 3. The van der Waals surface area contributed by atoms with Gasteiger partial charge in [-0.15, -0.1) is 0 Å². The van der Waals surface area contributed by atoms with Crippen LogP contribution in [0.1, 0.15) is 17.0 Å². The second-order valence-electron chi connectivity index (χ2n) is 7.61. The third-order valence-electron chi connectivity index (χ3n) is 5.77. The maximum absolute atomic E-state index is 13.9. The van der Waals surface area contributed by atoms with Crippen molar-refractivity contribution >= 4 is 17.6 Å². The summed E-state index contributed by atoms with van der Waals surface area (Å²) >= 11 is 0. The largest absolute Gasteiger partial charge is 0.467 e. The zero-order valence-corrected chi connectivity index (χ0v) is 17.6. The van der Waals surface area contributed by atoms with E-state index in [1.54, 1.807) is 4.90 Å². The van der Waals surface area contributed by atoms with Crippen LogP contribution in [0.25, 0.3) is 0 Å². The van der Waals surface area contributed by atoms with Crippen molar-refractivity contribution < 1.29 is 14.3 Å². The Bertz CT molecular complexity index is 969. The van der Waals surface area contributed by atoms with Crippen LogP contribution >= 0.6 is 0 Å². The van der Waals surface area contributed by atoms with Crippen molar-refractivity contribution in [3.63, 3.8) is 0 Å². The number of anilines is 1. The zero-order valence-electron chi connectivity index (χ0n) is 17.6. The normalized spacial score (nSPS) is 16.3. The first-order valence-electron chi connectivity index (χ1n) is 10.5. The predicted octanol–water partition coefficient (Wildman–Crippen LogP) is 3.71. The van der Waals surface area contributed by atoms with Crippen molar-refractivity contribution in [2.24, 2.45) is 0 Å². The summed E-state index contributed by atoms with van der Waals surface area (Å²) in [5, 5.41) is 0. The first-order chi connectivity index (χ1) is 15.2. The molecule has 0 aliphatic carbocycles. The first-order valence-corrected chi connectivity index (χ1v) is 10.5. The molecule has 1 amide bonds. The molecule has 5 nitrogen and oxygen atoms in total. The van der Waals surface area contributed by atoms with Crippen LogP contribution in [0.15, 0.2) is 91.0 Å². The van der Waals surface area contributed by atoms with E-state index in [4.69, 9.17) is 4.74 Å². The second kappa shape index (κ2) is 9.47. The average molecular weight is 415 g/mol. The van der Waals surface area contributed by atoms with E-state index in [-0.39, 0.29) is 5.91 Å². The van der Waals surface area contributed by atoms with Gasteiger partial charge in [0, 0.05) is 25.3 Å². The van der Waals surface area contributed by atoms with E-state index >= 15 is 0 Å². The molecule has 5 heteroatoms. The lowest BCUT2D eigenvalue weighted by Crippen LogP contribution is -2.59. The van der Waals surface area contributed by atoms with Gasteiger partial charge in [0.05, 0.1) is 13.0 Å². The zero-order chi connectivity index (χ0) is 21.6. The molecule has 31 heavy (non-hydrogen) atoms. The maximum atomic E-state index is 13.9. The van der Waals surface area contributed by atoms with Gasteiger partial charge in [0.1, 0.15) is 6.04 Å². The molecule has 0 bridgehead atoms. The summed E-state index contributed by atoms with van der Waals surface area (Å²) in [6.07, 6.45) is 0. The van der Waals surface area contributed by atoms with E-state index in [1.807, 2.05) is 91.0 Å². The van der Waals surface area contributed by atoms with Gasteiger partial charge >= 0.3 is 5.97 Å². The van der Waals surface area contributed by atoms with Crippen LogP contribution in [0.3, 0.4) is 0 Å². The van der Waals surface area contributed by atoms with E-state index in [0.29, 0.717) is 19.6 Å². The number of methoxy groups -OCH3 is 1. The van der Waals surface area contributed by atoms with Gasteiger partial charge in [0.15, 0.2) is 0 Å². The number of amides is 1. The molecule has 0 unspecified atom stereocenters. The fourth-order valence-electron chi connectivity index (χ4n) is 4.19. The highest BCUT2D eigenvalue weighted by Crippen LogP contribution is 2.29. The lowest BCUT2D eigenvalue weighted by Gasteiger charge is -2.42. The molecule has 0 aromatic heterocycles. The summed E-state index contributed by atoms with van der Waals surface area (Å²) in [4.78, 5) is 30.4. The fraction of sp³-hybridized carbons (Fsp3) is 0.231. The quantitative estimate of drug-likeness (QED) is 0.598. The molecule has 1 aliphatic heterocycles. The van der Waals surface area contributed by atoms with Crippen molar-refractivity contribution in [2.75, 3.05) is 31.6 Å². The van der Waals surface area contributed by atoms with Crippen molar-refractivity contribution in [3.05, 3.63) is 102 Å². The highest BCUT2D eigenvalue weighted by molar-refractivity contribution is 5.91. The third-order valence-corrected chi connectivity index (χ3v) is 5.77. The van der Waals surface area contributed by atoms with Crippen molar-refractivity contribution in [3.8, 4) is 0 Å². The Kier molecular flexibility index (Phi) is 6.32. The van der Waals surface area contributed by atoms with Gasteiger partial charge in [-0.3, -0.25) is 4.79 Å². The van der Waals surface area contributed by atoms with Gasteiger partial charge in [0.25, 0.3) is 0 Å². The highest BCUT2D eigenvalue weighted by atomic mass is 16.5. The number of para-hydroxylation sites is 1. The smallest absolute Gasteiger partial charge is 0.330 e. The van der Waals surface area contributed by atoms with Crippen LogP contribution in [0.2, 0.25) is 0 Å². The molecule has 1 fully saturated rings. The van der Waals surface area contributed by atoms with Gasteiger partial charge in [0.2, 0.25) is 5.91 Å². The summed E-state index contributed by atoms with van der Waals surface area (Å²) in [6.45, 7) is 1.50. The Balaban J connectivity index is 1.66. The summed E-state index contributed by atoms with van der Waals surface area (Å²) in [5.74, 6) is -0.952. The molecule has 158 valence electrons. The SMILES string of the molecule is COC(=O)[C@@H]1CN(c2ccccc2)CCN1C(=O)C(c1ccccc1)c1ccccc1. The third kappa shape index (κ3) is 4.45. The van der Waals surface area contributed by atoms with E-state index in [1.165, 1.54) is 7.11 Å². The Morgan fingerprint density at radius 2 is 1.32 bits per heavy atom. The molecule has 0 spiro atoms. The van der Waals surface area contributed by atoms with Gasteiger partial charge in [-0.25, -0.2) is 4.79 Å². The lowest BCUT2D eigenvalue weighted by atomic mass is 9.89. The number of nitrogens with zero attached hydrogens (tertiary/aromatic N) is 2. The number of piperazine rings is 1. The molecular formula is C26H26N2O3. The first kappa shape index (κ1) is 20.7. The molecule has 1 saturated heterocycles. The summed E-state index contributed by atoms with van der Waals surface area (Å²) in [5.41, 5.74) is 2.85. The van der Waals surface area contributed by atoms with E-state index in [2.05, 4.69) is 4.90 Å². The Labute approximate surface area is 182 Å². The van der Waals surface area contributed by atoms with E-state index < -0.39 is 17.9 Å². The van der Waals surface area contributed by atoms with Crippen LogP contribution in [0.5, 0.6) is 0 Å². The lowest BCUT2D eigenvalue weighted by molar-refractivity contribution is -0.153. The number of carbonyl (C=O) groups excluding carboxylic acids is 2. The van der Waals surface area contributed by atoms with Crippen LogP contribution in [0.4, 0.5) is 5.69 Å². The minimum absolute atomic E-state index is 0.0829. The molecule has 3 aromatic rings. The number of hydrogen-bond acceptors (Lipinski definition) is 4. The predicted molar refractivity (Wildman–Crippen MR) is 121 cm³/mol. The molecule has 0 N–H and O–H groups in total. The fourth-order valence-corrected chi connectivity index (χ4v) is 4.19. The van der Waals surface area contributed by atoms with Crippen molar-refractivity contribution in [1.29, 1.82) is 0 Å². The summed E-state index contributed by atoms with van der Waals surface area (Å²) in [7, 11) is 1.37. The number of esters is 1. The van der Waals surface area contributed by atoms with Gasteiger partial charge in [-0.2, -0.15) is 0 Å². The van der Waals surface area contributed by atoms with Crippen LogP contribution in [-0.2, 0) is 14.3 Å². The molecule has 4 rings (SSSR count). The molecule has 3 aromatic carbocycles. The molecule has 0 saturated carbocycles. The summed E-state index contributed by atoms with van der Waals surface area (Å²) in [6, 6.07) is 28.7. The minimum Gasteiger partial charge on any atom is -0.467 e. The minimum atomic E-state index is -0.665. The topological polar surface area (TPSA) is 49.9 Å². The average Bonchev–Trinajstić information content (AvgIpc) is 2.85. The number of rotatable bonds is 5.